The molecule has 7 heteroatoms. The van der Waals surface area contributed by atoms with Gasteiger partial charge >= 0.3 is 0 Å². The van der Waals surface area contributed by atoms with E-state index in [-0.39, 0.29) is 17.7 Å². The number of carbonyl (C=O) groups is 1. The molecule has 2 N–H and O–H groups in total. The Kier molecular flexibility index (Phi) is 4.95. The Bertz CT molecular complexity index is 559. The number of carbonyl (C=O) groups excluding carboxylic acids is 1. The largest absolute Gasteiger partial charge is 0.487 e. The average molecular weight is 295 g/mol. The number of nitrogens with one attached hydrogen (secondary N) is 2. The molecule has 0 aliphatic heterocycles. The summed E-state index contributed by atoms with van der Waals surface area (Å²) in [6, 6.07) is 7.24. The summed E-state index contributed by atoms with van der Waals surface area (Å²) in [6.45, 7) is 2.34. The van der Waals surface area contributed by atoms with Gasteiger partial charge in [-0.1, -0.05) is 30.7 Å². The number of rotatable bonds is 6. The number of hydrogen-bond donors (Lipinski definition) is 2. The molecular weight excluding hydrogens is 280 g/mol. The van der Waals surface area contributed by atoms with Gasteiger partial charge in [-0.05, 0) is 18.6 Å². The molecule has 0 aliphatic carbocycles. The standard InChI is InChI=1S/C13H15ClN4O2/c1-2-9(20-12-6-4-3-5-10(12)14)7-15-13(19)11-8-16-18-17-11/h3-6,8-9H,2,7H2,1H3,(H,15,19)(H,16,17,18). The molecule has 1 atom stereocenters. The Balaban J connectivity index is 1.90. The molecule has 6 nitrogen and oxygen atoms in total. The second kappa shape index (κ2) is 6.91. The molecular formula is C13H15ClN4O2. The van der Waals surface area contributed by atoms with Gasteiger partial charge in [-0.25, -0.2) is 0 Å². The van der Waals surface area contributed by atoms with Crippen LogP contribution in [0, 0.1) is 0 Å². The monoisotopic (exact) mass is 294 g/mol. The number of hydrogen-bond acceptors (Lipinski definition) is 4. The van der Waals surface area contributed by atoms with E-state index in [4.69, 9.17) is 16.3 Å². The van der Waals surface area contributed by atoms with Gasteiger partial charge in [-0.2, -0.15) is 15.4 Å². The van der Waals surface area contributed by atoms with Crippen LogP contribution in [0.3, 0.4) is 0 Å². The van der Waals surface area contributed by atoms with Gasteiger partial charge in [0.2, 0.25) is 0 Å². The molecule has 0 saturated carbocycles. The summed E-state index contributed by atoms with van der Waals surface area (Å²) < 4.78 is 5.77. The molecule has 0 bridgehead atoms. The third-order valence-corrected chi connectivity index (χ3v) is 3.04. The third-order valence-electron chi connectivity index (χ3n) is 2.72. The van der Waals surface area contributed by atoms with Gasteiger partial charge in [-0.15, -0.1) is 0 Å². The number of amides is 1. The minimum atomic E-state index is -0.292. The van der Waals surface area contributed by atoms with Gasteiger partial charge in [0.15, 0.2) is 5.69 Å². The highest BCUT2D eigenvalue weighted by Crippen LogP contribution is 2.24. The number of aromatic nitrogens is 3. The lowest BCUT2D eigenvalue weighted by atomic mass is 10.2. The SMILES string of the molecule is CCC(CNC(=O)c1cn[nH]n1)Oc1ccccc1Cl. The van der Waals surface area contributed by atoms with Crippen molar-refractivity contribution in [3.8, 4) is 5.75 Å². The zero-order valence-electron chi connectivity index (χ0n) is 11.0. The maximum atomic E-state index is 11.7. The maximum Gasteiger partial charge on any atom is 0.273 e. The molecule has 106 valence electrons. The van der Waals surface area contributed by atoms with Crippen molar-refractivity contribution in [2.75, 3.05) is 6.54 Å². The van der Waals surface area contributed by atoms with Crippen molar-refractivity contribution in [1.82, 2.24) is 20.7 Å². The zero-order chi connectivity index (χ0) is 14.4. The number of ether oxygens (including phenoxy) is 1. The Morgan fingerprint density at radius 3 is 2.95 bits per heavy atom. The van der Waals surface area contributed by atoms with Crippen LogP contribution >= 0.6 is 11.6 Å². The number of para-hydroxylation sites is 1. The normalized spacial score (nSPS) is 11.9. The van der Waals surface area contributed by atoms with Crippen molar-refractivity contribution in [3.05, 3.63) is 41.2 Å². The van der Waals surface area contributed by atoms with E-state index in [0.717, 1.165) is 6.42 Å². The Morgan fingerprint density at radius 1 is 1.50 bits per heavy atom. The molecule has 2 aromatic rings. The molecule has 1 aromatic heterocycles. The van der Waals surface area contributed by atoms with Crippen molar-refractivity contribution in [1.29, 1.82) is 0 Å². The summed E-state index contributed by atoms with van der Waals surface area (Å²) in [5.41, 5.74) is 0.248. The first-order chi connectivity index (χ1) is 9.70. The van der Waals surface area contributed by atoms with Crippen molar-refractivity contribution < 1.29 is 9.53 Å². The second-order valence-corrected chi connectivity index (χ2v) is 4.55. The lowest BCUT2D eigenvalue weighted by Gasteiger charge is -2.18. The van der Waals surface area contributed by atoms with Crippen LogP contribution in [0.2, 0.25) is 5.02 Å². The van der Waals surface area contributed by atoms with Gasteiger partial charge in [0.1, 0.15) is 11.9 Å². The fourth-order valence-corrected chi connectivity index (χ4v) is 1.78. The number of aromatic amines is 1. The minimum absolute atomic E-state index is 0.161. The van der Waals surface area contributed by atoms with Gasteiger partial charge in [0.25, 0.3) is 5.91 Å². The molecule has 2 rings (SSSR count). The summed E-state index contributed by atoms with van der Waals surface area (Å²) >= 11 is 6.03. The lowest BCUT2D eigenvalue weighted by molar-refractivity contribution is 0.0921. The molecule has 20 heavy (non-hydrogen) atoms. The van der Waals surface area contributed by atoms with E-state index in [9.17, 15) is 4.79 Å². The molecule has 0 radical (unpaired) electrons. The Hall–Kier alpha value is -2.08. The average Bonchev–Trinajstić information content (AvgIpc) is 2.99. The molecule has 1 heterocycles. The highest BCUT2D eigenvalue weighted by molar-refractivity contribution is 6.32. The van der Waals surface area contributed by atoms with Crippen LogP contribution in [0.25, 0.3) is 0 Å². The fraction of sp³-hybridized carbons (Fsp3) is 0.308. The van der Waals surface area contributed by atoms with Crippen LogP contribution in [-0.4, -0.2) is 34.0 Å². The molecule has 0 saturated heterocycles. The zero-order valence-corrected chi connectivity index (χ0v) is 11.7. The first-order valence-corrected chi connectivity index (χ1v) is 6.63. The van der Waals surface area contributed by atoms with E-state index in [0.29, 0.717) is 17.3 Å². The van der Waals surface area contributed by atoms with Crippen LogP contribution in [0.1, 0.15) is 23.8 Å². The van der Waals surface area contributed by atoms with Crippen LogP contribution in [0.15, 0.2) is 30.5 Å². The van der Waals surface area contributed by atoms with Crippen molar-refractivity contribution in [2.24, 2.45) is 0 Å². The van der Waals surface area contributed by atoms with Crippen LogP contribution in [0.4, 0.5) is 0 Å². The summed E-state index contributed by atoms with van der Waals surface area (Å²) in [4.78, 5) is 11.7. The van der Waals surface area contributed by atoms with E-state index >= 15 is 0 Å². The van der Waals surface area contributed by atoms with Gasteiger partial charge in [-0.3, -0.25) is 4.79 Å². The summed E-state index contributed by atoms with van der Waals surface area (Å²) in [6.07, 6.45) is 1.95. The van der Waals surface area contributed by atoms with Gasteiger partial charge < -0.3 is 10.1 Å². The predicted molar refractivity (Wildman–Crippen MR) is 74.9 cm³/mol. The maximum absolute atomic E-state index is 11.7. The molecule has 1 amide bonds. The molecule has 0 fully saturated rings. The van der Waals surface area contributed by atoms with E-state index < -0.39 is 0 Å². The van der Waals surface area contributed by atoms with Crippen molar-refractivity contribution in [2.45, 2.75) is 19.4 Å². The molecule has 1 unspecified atom stereocenters. The second-order valence-electron chi connectivity index (χ2n) is 4.14. The quantitative estimate of drug-likeness (QED) is 0.854. The van der Waals surface area contributed by atoms with E-state index in [2.05, 4.69) is 20.7 Å². The van der Waals surface area contributed by atoms with Crippen LogP contribution in [-0.2, 0) is 0 Å². The van der Waals surface area contributed by atoms with Gasteiger partial charge in [0, 0.05) is 0 Å². The fourth-order valence-electron chi connectivity index (χ4n) is 1.60. The molecule has 0 aliphatic rings. The minimum Gasteiger partial charge on any atom is -0.487 e. The highest BCUT2D eigenvalue weighted by Gasteiger charge is 2.14. The number of halogens is 1. The summed E-state index contributed by atoms with van der Waals surface area (Å²) in [7, 11) is 0. The van der Waals surface area contributed by atoms with Crippen LogP contribution < -0.4 is 10.1 Å². The van der Waals surface area contributed by atoms with Crippen molar-refractivity contribution in [3.63, 3.8) is 0 Å². The van der Waals surface area contributed by atoms with Crippen molar-refractivity contribution >= 4 is 17.5 Å². The third kappa shape index (κ3) is 3.71. The van der Waals surface area contributed by atoms with E-state index in [1.54, 1.807) is 12.1 Å². The van der Waals surface area contributed by atoms with Gasteiger partial charge in [0.05, 0.1) is 17.8 Å². The number of nitrogens with zero attached hydrogens (tertiary/aromatic N) is 2. The first kappa shape index (κ1) is 14.3. The van der Waals surface area contributed by atoms with E-state index in [1.807, 2.05) is 19.1 Å². The Morgan fingerprint density at radius 2 is 2.30 bits per heavy atom. The molecule has 1 aromatic carbocycles. The number of benzene rings is 1. The Labute approximate surface area is 121 Å². The van der Waals surface area contributed by atoms with Crippen LogP contribution in [0.5, 0.6) is 5.75 Å². The summed E-state index contributed by atoms with van der Waals surface area (Å²) in [5, 5.41) is 13.0. The summed E-state index contributed by atoms with van der Waals surface area (Å²) in [5.74, 6) is 0.316. The predicted octanol–water partition coefficient (Wildman–Crippen LogP) is 2.05. The first-order valence-electron chi connectivity index (χ1n) is 6.26. The molecule has 0 spiro atoms. The topological polar surface area (TPSA) is 79.9 Å². The lowest BCUT2D eigenvalue weighted by Crippen LogP contribution is -2.35. The van der Waals surface area contributed by atoms with E-state index in [1.165, 1.54) is 6.20 Å². The smallest absolute Gasteiger partial charge is 0.273 e. The number of H-pyrrole nitrogens is 1. The highest BCUT2D eigenvalue weighted by atomic mass is 35.5.